The molecule has 0 aliphatic rings. The van der Waals surface area contributed by atoms with Crippen molar-refractivity contribution < 1.29 is 15.0 Å². The van der Waals surface area contributed by atoms with E-state index in [-0.39, 0.29) is 11.5 Å². The Morgan fingerprint density at radius 3 is 2.55 bits per heavy atom. The first kappa shape index (κ1) is 13.7. The Morgan fingerprint density at radius 1 is 1.20 bits per heavy atom. The number of hydrogen-bond acceptors (Lipinski definition) is 4. The predicted molar refractivity (Wildman–Crippen MR) is 76.8 cm³/mol. The van der Waals surface area contributed by atoms with E-state index >= 15 is 0 Å². The van der Waals surface area contributed by atoms with Crippen LogP contribution in [0.3, 0.4) is 0 Å². The fourth-order valence-electron chi connectivity index (χ4n) is 1.91. The Bertz CT molecular complexity index is 654. The van der Waals surface area contributed by atoms with Crippen molar-refractivity contribution in [2.24, 2.45) is 5.73 Å². The highest BCUT2D eigenvalue weighted by atomic mass is 16.3. The van der Waals surface area contributed by atoms with Gasteiger partial charge >= 0.3 is 0 Å². The minimum atomic E-state index is -0.462. The standard InChI is InChI=1S/C15H16N2O3/c1-9-6-10(15(16)20)3-5-13(9)17-8-11-2-4-12(18)7-14(11)19/h2-7,17-19H,8H2,1H3,(H2,16,20). The summed E-state index contributed by atoms with van der Waals surface area (Å²) in [4.78, 5) is 11.1. The van der Waals surface area contributed by atoms with E-state index in [9.17, 15) is 15.0 Å². The molecule has 2 aromatic rings. The van der Waals surface area contributed by atoms with Crippen molar-refractivity contribution in [2.75, 3.05) is 5.32 Å². The molecule has 0 spiro atoms. The average molecular weight is 272 g/mol. The van der Waals surface area contributed by atoms with Gasteiger partial charge in [0.1, 0.15) is 11.5 Å². The fraction of sp³-hybridized carbons (Fsp3) is 0.133. The molecule has 0 saturated heterocycles. The van der Waals surface area contributed by atoms with Gasteiger partial charge in [0.2, 0.25) is 5.91 Å². The van der Waals surface area contributed by atoms with E-state index in [0.717, 1.165) is 11.3 Å². The smallest absolute Gasteiger partial charge is 0.248 e. The first-order valence-corrected chi connectivity index (χ1v) is 6.12. The summed E-state index contributed by atoms with van der Waals surface area (Å²) in [5, 5.41) is 22.1. The second kappa shape index (κ2) is 5.52. The van der Waals surface area contributed by atoms with Gasteiger partial charge < -0.3 is 21.3 Å². The molecular formula is C15H16N2O3. The van der Waals surface area contributed by atoms with Crippen molar-refractivity contribution in [3.63, 3.8) is 0 Å². The zero-order valence-electron chi connectivity index (χ0n) is 11.1. The Morgan fingerprint density at radius 2 is 1.95 bits per heavy atom. The van der Waals surface area contributed by atoms with Crippen molar-refractivity contribution in [1.82, 2.24) is 0 Å². The van der Waals surface area contributed by atoms with E-state index in [2.05, 4.69) is 5.32 Å². The molecule has 0 radical (unpaired) electrons. The number of carbonyl (C=O) groups excluding carboxylic acids is 1. The number of nitrogens with two attached hydrogens (primary N) is 1. The largest absolute Gasteiger partial charge is 0.508 e. The van der Waals surface area contributed by atoms with Crippen LogP contribution in [0.25, 0.3) is 0 Å². The van der Waals surface area contributed by atoms with Crippen LogP contribution in [0, 0.1) is 6.92 Å². The number of aryl methyl sites for hydroxylation is 1. The average Bonchev–Trinajstić information content (AvgIpc) is 2.38. The number of rotatable bonds is 4. The number of phenolic OH excluding ortho intramolecular Hbond substituents is 2. The molecular weight excluding hydrogens is 256 g/mol. The Kier molecular flexibility index (Phi) is 3.79. The molecule has 1 amide bonds. The second-order valence-corrected chi connectivity index (χ2v) is 4.56. The molecule has 104 valence electrons. The van der Waals surface area contributed by atoms with Crippen molar-refractivity contribution in [1.29, 1.82) is 0 Å². The lowest BCUT2D eigenvalue weighted by Crippen LogP contribution is -2.11. The Labute approximate surface area is 116 Å². The first-order valence-electron chi connectivity index (χ1n) is 6.12. The lowest BCUT2D eigenvalue weighted by molar-refractivity contribution is 0.1000. The molecule has 2 rings (SSSR count). The maximum Gasteiger partial charge on any atom is 0.248 e. The third-order valence-electron chi connectivity index (χ3n) is 3.05. The monoisotopic (exact) mass is 272 g/mol. The van der Waals surface area contributed by atoms with E-state index < -0.39 is 5.91 Å². The highest BCUT2D eigenvalue weighted by molar-refractivity contribution is 5.93. The normalized spacial score (nSPS) is 10.2. The minimum absolute atomic E-state index is 0.0215. The number of aromatic hydroxyl groups is 2. The zero-order valence-corrected chi connectivity index (χ0v) is 11.1. The van der Waals surface area contributed by atoms with E-state index in [1.807, 2.05) is 6.92 Å². The van der Waals surface area contributed by atoms with Crippen LogP contribution < -0.4 is 11.1 Å². The zero-order chi connectivity index (χ0) is 14.7. The molecule has 0 heterocycles. The summed E-state index contributed by atoms with van der Waals surface area (Å²) in [5.74, 6) is -0.409. The van der Waals surface area contributed by atoms with Crippen molar-refractivity contribution in [3.05, 3.63) is 53.1 Å². The van der Waals surface area contributed by atoms with Crippen LogP contribution >= 0.6 is 0 Å². The summed E-state index contributed by atoms with van der Waals surface area (Å²) in [6.07, 6.45) is 0. The van der Waals surface area contributed by atoms with Gasteiger partial charge in [-0.3, -0.25) is 4.79 Å². The summed E-state index contributed by atoms with van der Waals surface area (Å²) in [6, 6.07) is 9.58. The highest BCUT2D eigenvalue weighted by Crippen LogP contribution is 2.24. The first-order chi connectivity index (χ1) is 9.47. The molecule has 5 nitrogen and oxygen atoms in total. The van der Waals surface area contributed by atoms with E-state index in [1.165, 1.54) is 12.1 Å². The lowest BCUT2D eigenvalue weighted by Gasteiger charge is -2.11. The van der Waals surface area contributed by atoms with Gasteiger partial charge in [-0.15, -0.1) is 0 Å². The van der Waals surface area contributed by atoms with Crippen LogP contribution in [0.15, 0.2) is 36.4 Å². The number of hydrogen-bond donors (Lipinski definition) is 4. The van der Waals surface area contributed by atoms with Crippen LogP contribution in [-0.2, 0) is 6.54 Å². The third-order valence-corrected chi connectivity index (χ3v) is 3.05. The molecule has 0 bridgehead atoms. The van der Waals surface area contributed by atoms with Crippen LogP contribution in [-0.4, -0.2) is 16.1 Å². The molecule has 5 heteroatoms. The molecule has 0 aliphatic heterocycles. The molecule has 5 N–H and O–H groups in total. The third kappa shape index (κ3) is 3.00. The van der Waals surface area contributed by atoms with Gasteiger partial charge in [0.15, 0.2) is 0 Å². The topological polar surface area (TPSA) is 95.6 Å². The summed E-state index contributed by atoms with van der Waals surface area (Å²) in [5.41, 5.74) is 8.08. The van der Waals surface area contributed by atoms with Gasteiger partial charge in [0.25, 0.3) is 0 Å². The van der Waals surface area contributed by atoms with Crippen LogP contribution in [0.5, 0.6) is 11.5 Å². The predicted octanol–water partition coefficient (Wildman–Crippen LogP) is 2.12. The molecule has 0 fully saturated rings. The summed E-state index contributed by atoms with van der Waals surface area (Å²) in [7, 11) is 0. The SMILES string of the molecule is Cc1cc(C(N)=O)ccc1NCc1ccc(O)cc1O. The van der Waals surface area contributed by atoms with Crippen LogP contribution in [0.4, 0.5) is 5.69 Å². The van der Waals surface area contributed by atoms with Gasteiger partial charge in [-0.05, 0) is 42.8 Å². The molecule has 0 aromatic heterocycles. The number of nitrogens with one attached hydrogen (secondary N) is 1. The minimum Gasteiger partial charge on any atom is -0.508 e. The lowest BCUT2D eigenvalue weighted by atomic mass is 10.1. The molecule has 20 heavy (non-hydrogen) atoms. The van der Waals surface area contributed by atoms with Gasteiger partial charge in [0.05, 0.1) is 0 Å². The molecule has 0 atom stereocenters. The van der Waals surface area contributed by atoms with Gasteiger partial charge in [0, 0.05) is 29.4 Å². The molecule has 2 aromatic carbocycles. The van der Waals surface area contributed by atoms with E-state index in [1.54, 1.807) is 24.3 Å². The molecule has 0 saturated carbocycles. The molecule has 0 aliphatic carbocycles. The Balaban J connectivity index is 2.13. The van der Waals surface area contributed by atoms with Crippen molar-refractivity contribution in [3.8, 4) is 11.5 Å². The number of amides is 1. The number of phenols is 2. The number of benzene rings is 2. The van der Waals surface area contributed by atoms with Gasteiger partial charge in [-0.1, -0.05) is 0 Å². The maximum absolute atomic E-state index is 11.1. The van der Waals surface area contributed by atoms with E-state index in [0.29, 0.717) is 17.7 Å². The number of anilines is 1. The number of primary amides is 1. The summed E-state index contributed by atoms with van der Waals surface area (Å²) < 4.78 is 0. The maximum atomic E-state index is 11.1. The fourth-order valence-corrected chi connectivity index (χ4v) is 1.91. The summed E-state index contributed by atoms with van der Waals surface area (Å²) in [6.45, 7) is 2.27. The van der Waals surface area contributed by atoms with Crippen molar-refractivity contribution >= 4 is 11.6 Å². The van der Waals surface area contributed by atoms with Crippen molar-refractivity contribution in [2.45, 2.75) is 13.5 Å². The highest BCUT2D eigenvalue weighted by Gasteiger charge is 2.06. The summed E-state index contributed by atoms with van der Waals surface area (Å²) >= 11 is 0. The number of carbonyl (C=O) groups is 1. The van der Waals surface area contributed by atoms with Crippen LogP contribution in [0.2, 0.25) is 0 Å². The quantitative estimate of drug-likeness (QED) is 0.685. The Hall–Kier alpha value is -2.69. The van der Waals surface area contributed by atoms with Gasteiger partial charge in [-0.25, -0.2) is 0 Å². The molecule has 0 unspecified atom stereocenters. The van der Waals surface area contributed by atoms with Crippen LogP contribution in [0.1, 0.15) is 21.5 Å². The second-order valence-electron chi connectivity index (χ2n) is 4.56. The van der Waals surface area contributed by atoms with E-state index in [4.69, 9.17) is 5.73 Å². The van der Waals surface area contributed by atoms with Gasteiger partial charge in [-0.2, -0.15) is 0 Å².